The molecule has 5 rings (SSSR count). The lowest BCUT2D eigenvalue weighted by molar-refractivity contribution is -0.207. The summed E-state index contributed by atoms with van der Waals surface area (Å²) in [6.45, 7) is 8.58. The second kappa shape index (κ2) is 8.78. The molecule has 4 aliphatic carbocycles. The molecule has 0 amide bonds. The van der Waals surface area contributed by atoms with Crippen molar-refractivity contribution >= 4 is 23.4 Å². The van der Waals surface area contributed by atoms with Crippen LogP contribution in [0.1, 0.15) is 51.4 Å². The molecule has 0 aliphatic heterocycles. The molecule has 0 unspecified atom stereocenters. The highest BCUT2D eigenvalue weighted by Crippen LogP contribution is 2.77. The maximum atomic E-state index is 13.6. The number of ketones is 1. The van der Waals surface area contributed by atoms with E-state index in [9.17, 15) is 24.6 Å². The number of anilines is 1. The number of hydrogen-bond acceptors (Lipinski definition) is 8. The van der Waals surface area contributed by atoms with Crippen molar-refractivity contribution in [3.8, 4) is 0 Å². The first-order valence-corrected chi connectivity index (χ1v) is 13.3. The van der Waals surface area contributed by atoms with Gasteiger partial charge in [0.25, 0.3) is 0 Å². The van der Waals surface area contributed by atoms with E-state index in [-0.39, 0.29) is 12.4 Å². The van der Waals surface area contributed by atoms with Gasteiger partial charge in [0.1, 0.15) is 6.10 Å². The predicted octanol–water partition coefficient (Wildman–Crippen LogP) is 3.29. The Morgan fingerprint density at radius 1 is 1.16 bits per heavy atom. The number of esters is 2. The zero-order valence-corrected chi connectivity index (χ0v) is 22.8. The molecular formula is C30H37NO7. The maximum absolute atomic E-state index is 13.6. The molecule has 8 heteroatoms. The number of fused-ring (bicyclic) bond motifs is 5. The molecule has 3 N–H and O–H groups in total. The third kappa shape index (κ3) is 3.39. The molecule has 8 atom stereocenters. The third-order valence-electron chi connectivity index (χ3n) is 9.85. The van der Waals surface area contributed by atoms with Crippen molar-refractivity contribution in [2.45, 2.75) is 58.3 Å². The Kier molecular flexibility index (Phi) is 6.15. The van der Waals surface area contributed by atoms with Crippen molar-refractivity contribution in [2.24, 2.45) is 35.0 Å². The molecule has 38 heavy (non-hydrogen) atoms. The summed E-state index contributed by atoms with van der Waals surface area (Å²) >= 11 is 0. The minimum absolute atomic E-state index is 0.0426. The zero-order chi connectivity index (χ0) is 27.8. The molecule has 2 saturated carbocycles. The summed E-state index contributed by atoms with van der Waals surface area (Å²) in [7, 11) is 1.71. The quantitative estimate of drug-likeness (QED) is 0.397. The van der Waals surface area contributed by atoms with Crippen LogP contribution in [0.4, 0.5) is 5.69 Å². The number of aliphatic hydroxyl groups is 2. The number of nitrogens with one attached hydrogen (secondary N) is 1. The van der Waals surface area contributed by atoms with Gasteiger partial charge in [-0.1, -0.05) is 45.1 Å². The van der Waals surface area contributed by atoms with E-state index in [2.05, 4.69) is 5.32 Å². The first-order chi connectivity index (χ1) is 17.9. The maximum Gasteiger partial charge on any atom is 0.340 e. The van der Waals surface area contributed by atoms with E-state index in [0.717, 1.165) is 0 Å². The monoisotopic (exact) mass is 523 g/mol. The number of allylic oxidation sites excluding steroid dienone is 1. The third-order valence-corrected chi connectivity index (χ3v) is 9.85. The topological polar surface area (TPSA) is 122 Å². The standard InChI is InChI=1S/C30H37NO7/c1-15-11-21-20(24(15)34)12-18(14-32)13-22-25-28(4,5)30(25,38-17(3)33)26(16(2)29(21,22)36)37-27(35)19-9-7-8-10-23(19)31-6/h7-11,13,16,20-22,25-26,31-32,36H,12,14H2,1-6H3/t16-,20+,21+,22+,25-,26-,29-,30-/m1/s1. The lowest BCUT2D eigenvalue weighted by Crippen LogP contribution is -2.63. The normalized spacial score (nSPS) is 38.5. The van der Waals surface area contributed by atoms with Crippen molar-refractivity contribution in [1.82, 2.24) is 0 Å². The Morgan fingerprint density at radius 3 is 2.47 bits per heavy atom. The summed E-state index contributed by atoms with van der Waals surface area (Å²) in [6, 6.07) is 6.98. The van der Waals surface area contributed by atoms with Crippen molar-refractivity contribution in [3.63, 3.8) is 0 Å². The lowest BCUT2D eigenvalue weighted by atomic mass is 9.60. The molecule has 2 fully saturated rings. The second-order valence-corrected chi connectivity index (χ2v) is 11.9. The molecular weight excluding hydrogens is 486 g/mol. The van der Waals surface area contributed by atoms with Crippen molar-refractivity contribution in [3.05, 3.63) is 53.1 Å². The van der Waals surface area contributed by atoms with E-state index in [1.165, 1.54) is 6.92 Å². The number of benzene rings is 1. The second-order valence-electron chi connectivity index (χ2n) is 11.9. The van der Waals surface area contributed by atoms with Gasteiger partial charge in [-0.25, -0.2) is 4.79 Å². The Hall–Kier alpha value is -2.97. The fourth-order valence-corrected chi connectivity index (χ4v) is 8.05. The highest BCUT2D eigenvalue weighted by atomic mass is 16.6. The minimum atomic E-state index is -1.48. The van der Waals surface area contributed by atoms with Gasteiger partial charge in [-0.15, -0.1) is 0 Å². The van der Waals surface area contributed by atoms with Gasteiger partial charge in [-0.2, -0.15) is 0 Å². The summed E-state index contributed by atoms with van der Waals surface area (Å²) in [6.07, 6.45) is 3.09. The van der Waals surface area contributed by atoms with Gasteiger partial charge in [0, 0.05) is 54.7 Å². The van der Waals surface area contributed by atoms with Crippen LogP contribution in [0.2, 0.25) is 0 Å². The average molecular weight is 524 g/mol. The van der Waals surface area contributed by atoms with Crippen molar-refractivity contribution in [2.75, 3.05) is 19.0 Å². The molecule has 0 radical (unpaired) electrons. The highest BCUT2D eigenvalue weighted by Gasteiger charge is 2.87. The van der Waals surface area contributed by atoms with Gasteiger partial charge in [0.15, 0.2) is 11.4 Å². The van der Waals surface area contributed by atoms with E-state index in [0.29, 0.717) is 28.8 Å². The van der Waals surface area contributed by atoms with E-state index >= 15 is 0 Å². The summed E-state index contributed by atoms with van der Waals surface area (Å²) in [4.78, 5) is 39.3. The fourth-order valence-electron chi connectivity index (χ4n) is 8.05. The number of aliphatic hydroxyl groups excluding tert-OH is 1. The summed E-state index contributed by atoms with van der Waals surface area (Å²) in [5.74, 6) is -3.82. The molecule has 0 spiro atoms. The van der Waals surface area contributed by atoms with E-state index in [1.807, 2.05) is 39.0 Å². The number of Topliss-reactive ketones (excluding diaryl/α,β-unsaturated/α-hetero) is 1. The van der Waals surface area contributed by atoms with Gasteiger partial charge in [0.2, 0.25) is 0 Å². The lowest BCUT2D eigenvalue weighted by Gasteiger charge is -2.52. The van der Waals surface area contributed by atoms with Crippen LogP contribution in [0.5, 0.6) is 0 Å². The summed E-state index contributed by atoms with van der Waals surface area (Å²) in [5.41, 5.74) is -1.13. The number of hydrogen-bond donors (Lipinski definition) is 3. The van der Waals surface area contributed by atoms with Gasteiger partial charge in [-0.05, 0) is 36.6 Å². The predicted molar refractivity (Wildman–Crippen MR) is 140 cm³/mol. The summed E-state index contributed by atoms with van der Waals surface area (Å²) < 4.78 is 12.3. The van der Waals surface area contributed by atoms with Crippen molar-refractivity contribution in [1.29, 1.82) is 0 Å². The first-order valence-electron chi connectivity index (χ1n) is 13.3. The number of carbonyl (C=O) groups is 3. The van der Waals surface area contributed by atoms with Gasteiger partial charge >= 0.3 is 11.9 Å². The van der Waals surface area contributed by atoms with Crippen LogP contribution < -0.4 is 5.32 Å². The van der Waals surface area contributed by atoms with Crippen LogP contribution in [-0.2, 0) is 19.1 Å². The van der Waals surface area contributed by atoms with Crippen LogP contribution in [0.3, 0.4) is 0 Å². The highest BCUT2D eigenvalue weighted by molar-refractivity contribution is 6.00. The van der Waals surface area contributed by atoms with Gasteiger partial charge < -0.3 is 25.0 Å². The smallest absolute Gasteiger partial charge is 0.340 e. The number of carbonyl (C=O) groups excluding carboxylic acids is 3. The van der Waals surface area contributed by atoms with Crippen LogP contribution in [0.15, 0.2) is 47.6 Å². The Morgan fingerprint density at radius 2 is 1.84 bits per heavy atom. The fraction of sp³-hybridized carbons (Fsp3) is 0.567. The molecule has 1 aromatic carbocycles. The average Bonchev–Trinajstić information content (AvgIpc) is 3.27. The zero-order valence-electron chi connectivity index (χ0n) is 22.8. The Labute approximate surface area is 223 Å². The van der Waals surface area contributed by atoms with Gasteiger partial charge in [0.05, 0.1) is 17.8 Å². The van der Waals surface area contributed by atoms with E-state index in [4.69, 9.17) is 9.47 Å². The van der Waals surface area contributed by atoms with E-state index < -0.39 is 64.2 Å². The first kappa shape index (κ1) is 26.6. The number of para-hydroxylation sites is 1. The molecule has 204 valence electrons. The molecule has 4 aliphatic rings. The van der Waals surface area contributed by atoms with E-state index in [1.54, 1.807) is 32.2 Å². The SMILES string of the molecule is CNc1ccccc1C(=O)O[C@@H]1[C@@H](C)[C@@]2(O)[C@H]3C=C(C)C(=O)[C@H]3CC(CO)=C[C@H]2[C@@H]2C(C)(C)[C@]12OC(C)=O. The van der Waals surface area contributed by atoms with Crippen LogP contribution in [0, 0.1) is 35.0 Å². The Bertz CT molecular complexity index is 1260. The van der Waals surface area contributed by atoms with Gasteiger partial charge in [-0.3, -0.25) is 9.59 Å². The largest absolute Gasteiger partial charge is 0.454 e. The number of ether oxygens (including phenoxy) is 2. The van der Waals surface area contributed by atoms with Crippen molar-refractivity contribution < 1.29 is 34.1 Å². The van der Waals surface area contributed by atoms with Crippen LogP contribution >= 0.6 is 0 Å². The number of rotatable bonds is 5. The van der Waals surface area contributed by atoms with Crippen LogP contribution in [0.25, 0.3) is 0 Å². The molecule has 0 heterocycles. The molecule has 0 saturated heterocycles. The summed E-state index contributed by atoms with van der Waals surface area (Å²) in [5, 5.41) is 25.9. The minimum Gasteiger partial charge on any atom is -0.454 e. The Balaban J connectivity index is 1.67. The molecule has 8 nitrogen and oxygen atoms in total. The molecule has 0 bridgehead atoms. The van der Waals surface area contributed by atoms with Crippen LogP contribution in [-0.4, -0.2) is 58.9 Å². The molecule has 1 aromatic rings. The molecule has 0 aromatic heterocycles.